The van der Waals surface area contributed by atoms with Crippen molar-refractivity contribution in [1.82, 2.24) is 9.55 Å². The van der Waals surface area contributed by atoms with Gasteiger partial charge in [0.15, 0.2) is 0 Å². The molecule has 0 saturated carbocycles. The van der Waals surface area contributed by atoms with E-state index in [1.54, 1.807) is 54.9 Å². The smallest absolute Gasteiger partial charge is 0.340 e. The van der Waals surface area contributed by atoms with Gasteiger partial charge in [-0.2, -0.15) is 0 Å². The quantitative estimate of drug-likeness (QED) is 0.509. The van der Waals surface area contributed by atoms with Crippen LogP contribution in [0.3, 0.4) is 0 Å². The molecule has 0 aliphatic carbocycles. The largest absolute Gasteiger partial charge is 0.457 e. The minimum Gasteiger partial charge on any atom is -0.457 e. The number of pyridine rings is 2. The minimum atomic E-state index is -0.571. The highest BCUT2D eigenvalue weighted by Crippen LogP contribution is 2.19. The summed E-state index contributed by atoms with van der Waals surface area (Å²) in [5.41, 5.74) is 1.02. The Kier molecular flexibility index (Phi) is 4.68. The van der Waals surface area contributed by atoms with Gasteiger partial charge in [-0.1, -0.05) is 24.3 Å². The van der Waals surface area contributed by atoms with E-state index in [-0.39, 0.29) is 17.7 Å². The molecule has 0 atom stereocenters. The molecule has 0 saturated heterocycles. The van der Waals surface area contributed by atoms with Crippen molar-refractivity contribution in [1.29, 1.82) is 0 Å². The first kappa shape index (κ1) is 17.6. The van der Waals surface area contributed by atoms with Crippen LogP contribution in [-0.4, -0.2) is 15.5 Å². The molecule has 0 aliphatic rings. The Balaban J connectivity index is 1.80. The van der Waals surface area contributed by atoms with Crippen LogP contribution in [0.4, 0.5) is 4.39 Å². The Morgan fingerprint density at radius 3 is 2.50 bits per heavy atom. The molecule has 0 radical (unpaired) electrons. The first-order valence-electron chi connectivity index (χ1n) is 8.60. The van der Waals surface area contributed by atoms with Gasteiger partial charge in [0.2, 0.25) is 0 Å². The predicted molar refractivity (Wildman–Crippen MR) is 103 cm³/mol. The van der Waals surface area contributed by atoms with Gasteiger partial charge in [0.05, 0.1) is 11.3 Å². The number of fused-ring (bicyclic) bond motifs is 1. The van der Waals surface area contributed by atoms with E-state index in [1.165, 1.54) is 29.0 Å². The summed E-state index contributed by atoms with van der Waals surface area (Å²) < 4.78 is 20.3. The first-order valence-corrected chi connectivity index (χ1v) is 8.60. The summed E-state index contributed by atoms with van der Waals surface area (Å²) in [6.07, 6.45) is 4.62. The van der Waals surface area contributed by atoms with Crippen molar-refractivity contribution in [3.63, 3.8) is 0 Å². The highest BCUT2D eigenvalue weighted by Gasteiger charge is 2.17. The summed E-state index contributed by atoms with van der Waals surface area (Å²) >= 11 is 0. The van der Waals surface area contributed by atoms with Crippen LogP contribution in [0, 0.1) is 5.82 Å². The fourth-order valence-corrected chi connectivity index (χ4v) is 2.98. The molecule has 0 amide bonds. The van der Waals surface area contributed by atoms with E-state index in [9.17, 15) is 14.0 Å². The third kappa shape index (κ3) is 3.40. The maximum absolute atomic E-state index is 13.7. The second-order valence-corrected chi connectivity index (χ2v) is 6.17. The van der Waals surface area contributed by atoms with Gasteiger partial charge >= 0.3 is 5.97 Å². The van der Waals surface area contributed by atoms with Crippen molar-refractivity contribution in [2.24, 2.45) is 0 Å². The van der Waals surface area contributed by atoms with E-state index in [1.807, 2.05) is 0 Å². The van der Waals surface area contributed by atoms with Crippen LogP contribution in [0.5, 0.6) is 0 Å². The molecule has 138 valence electrons. The zero-order valence-electron chi connectivity index (χ0n) is 14.7. The van der Waals surface area contributed by atoms with Crippen LogP contribution in [0.2, 0.25) is 0 Å². The second-order valence-electron chi connectivity index (χ2n) is 6.17. The van der Waals surface area contributed by atoms with Crippen molar-refractivity contribution in [3.05, 3.63) is 107 Å². The first-order chi connectivity index (χ1) is 13.6. The Hall–Kier alpha value is -3.80. The molecule has 5 nitrogen and oxygen atoms in total. The summed E-state index contributed by atoms with van der Waals surface area (Å²) in [6.45, 7) is 0.0781. The third-order valence-corrected chi connectivity index (χ3v) is 4.35. The van der Waals surface area contributed by atoms with Crippen LogP contribution in [0.25, 0.3) is 16.5 Å². The normalized spacial score (nSPS) is 10.8. The molecule has 2 heterocycles. The highest BCUT2D eigenvalue weighted by atomic mass is 19.1. The van der Waals surface area contributed by atoms with Crippen molar-refractivity contribution >= 4 is 16.7 Å². The molecule has 28 heavy (non-hydrogen) atoms. The van der Waals surface area contributed by atoms with Crippen LogP contribution in [0.15, 0.2) is 84.0 Å². The average Bonchev–Trinajstić information content (AvgIpc) is 2.73. The van der Waals surface area contributed by atoms with Crippen molar-refractivity contribution in [2.45, 2.75) is 6.61 Å². The zero-order chi connectivity index (χ0) is 19.5. The average molecular weight is 374 g/mol. The summed E-state index contributed by atoms with van der Waals surface area (Å²) in [6, 6.07) is 15.9. The van der Waals surface area contributed by atoms with Gasteiger partial charge < -0.3 is 4.74 Å². The number of hydrogen-bond acceptors (Lipinski definition) is 4. The van der Waals surface area contributed by atoms with E-state index in [2.05, 4.69) is 4.98 Å². The van der Waals surface area contributed by atoms with Crippen LogP contribution >= 0.6 is 0 Å². The fourth-order valence-electron chi connectivity index (χ4n) is 2.98. The molecule has 0 N–H and O–H groups in total. The van der Waals surface area contributed by atoms with E-state index in [4.69, 9.17) is 4.74 Å². The van der Waals surface area contributed by atoms with Gasteiger partial charge in [-0.15, -0.1) is 0 Å². The minimum absolute atomic E-state index is 0.0781. The van der Waals surface area contributed by atoms with Gasteiger partial charge in [0.25, 0.3) is 5.56 Å². The van der Waals surface area contributed by atoms with Gasteiger partial charge in [0, 0.05) is 29.4 Å². The van der Waals surface area contributed by atoms with Crippen LogP contribution in [0.1, 0.15) is 15.9 Å². The standard InChI is InChI=1S/C22H15FN2O3/c23-16-4-3-5-17(12-16)25-13-20(18-6-1-2-7-19(18)21(25)26)22(27)28-14-15-8-10-24-11-9-15/h1-13H,14H2. The van der Waals surface area contributed by atoms with E-state index >= 15 is 0 Å². The highest BCUT2D eigenvalue weighted by molar-refractivity contribution is 6.04. The Morgan fingerprint density at radius 1 is 1.00 bits per heavy atom. The Morgan fingerprint density at radius 2 is 1.75 bits per heavy atom. The van der Waals surface area contributed by atoms with Gasteiger partial charge in [-0.3, -0.25) is 14.3 Å². The lowest BCUT2D eigenvalue weighted by atomic mass is 10.1. The van der Waals surface area contributed by atoms with Crippen molar-refractivity contribution in [2.75, 3.05) is 0 Å². The lowest BCUT2D eigenvalue weighted by Gasteiger charge is -2.12. The third-order valence-electron chi connectivity index (χ3n) is 4.35. The molecular formula is C22H15FN2O3. The number of nitrogens with zero attached hydrogens (tertiary/aromatic N) is 2. The maximum Gasteiger partial charge on any atom is 0.340 e. The summed E-state index contributed by atoms with van der Waals surface area (Å²) in [5, 5.41) is 0.838. The number of ether oxygens (including phenoxy) is 1. The number of carbonyl (C=O) groups is 1. The number of aromatic nitrogens is 2. The van der Waals surface area contributed by atoms with Crippen molar-refractivity contribution < 1.29 is 13.9 Å². The zero-order valence-corrected chi connectivity index (χ0v) is 14.7. The number of halogens is 1. The fraction of sp³-hybridized carbons (Fsp3) is 0.0455. The van der Waals surface area contributed by atoms with Crippen LogP contribution < -0.4 is 5.56 Å². The SMILES string of the molecule is O=C(OCc1ccncc1)c1cn(-c2cccc(F)c2)c(=O)c2ccccc12. The van der Waals surface area contributed by atoms with Crippen molar-refractivity contribution in [3.8, 4) is 5.69 Å². The maximum atomic E-state index is 13.7. The van der Waals surface area contributed by atoms with E-state index < -0.39 is 11.8 Å². The van der Waals surface area contributed by atoms with E-state index in [0.717, 1.165) is 5.56 Å². The number of esters is 1. The number of rotatable bonds is 4. The molecule has 2 aromatic heterocycles. The molecule has 0 aliphatic heterocycles. The second kappa shape index (κ2) is 7.44. The Labute approximate surface area is 159 Å². The summed E-state index contributed by atoms with van der Waals surface area (Å²) in [7, 11) is 0. The van der Waals surface area contributed by atoms with E-state index in [0.29, 0.717) is 16.5 Å². The van der Waals surface area contributed by atoms with Gasteiger partial charge in [0.1, 0.15) is 12.4 Å². The molecular weight excluding hydrogens is 359 g/mol. The number of carbonyl (C=O) groups excluding carboxylic acids is 1. The molecule has 4 aromatic rings. The summed E-state index contributed by atoms with van der Waals surface area (Å²) in [5.74, 6) is -1.04. The molecule has 0 fully saturated rings. The molecule has 2 aromatic carbocycles. The predicted octanol–water partition coefficient (Wildman–Crippen LogP) is 3.88. The number of hydrogen-bond donors (Lipinski definition) is 0. The lowest BCUT2D eigenvalue weighted by Crippen LogP contribution is -2.21. The molecule has 0 spiro atoms. The monoisotopic (exact) mass is 374 g/mol. The van der Waals surface area contributed by atoms with Gasteiger partial charge in [-0.05, 0) is 42.0 Å². The molecule has 0 bridgehead atoms. The molecule has 4 rings (SSSR count). The van der Waals surface area contributed by atoms with Gasteiger partial charge in [-0.25, -0.2) is 9.18 Å². The Bertz CT molecular complexity index is 1220. The molecule has 6 heteroatoms. The lowest BCUT2D eigenvalue weighted by molar-refractivity contribution is 0.0474. The molecule has 0 unspecified atom stereocenters. The summed E-state index contributed by atoms with van der Waals surface area (Å²) in [4.78, 5) is 29.6. The van der Waals surface area contributed by atoms with Crippen LogP contribution in [-0.2, 0) is 11.3 Å². The number of benzene rings is 2. The topological polar surface area (TPSA) is 61.2 Å².